The second-order valence-electron chi connectivity index (χ2n) is 8.58. The maximum Gasteiger partial charge on any atom is 0.227 e. The van der Waals surface area contributed by atoms with E-state index in [9.17, 15) is 14.9 Å². The topological polar surface area (TPSA) is 95.3 Å². The van der Waals surface area contributed by atoms with E-state index < -0.39 is 0 Å². The number of methoxy groups -OCH3 is 1. The van der Waals surface area contributed by atoms with Crippen LogP contribution < -0.4 is 10.1 Å². The molecule has 1 aromatic carbocycles. The summed E-state index contributed by atoms with van der Waals surface area (Å²) in [7, 11) is 1.63. The number of nitriles is 1. The van der Waals surface area contributed by atoms with E-state index in [1.807, 2.05) is 42.2 Å². The van der Waals surface area contributed by atoms with Crippen LogP contribution in [0.4, 0.5) is 0 Å². The molecule has 2 aromatic rings. The van der Waals surface area contributed by atoms with Crippen LogP contribution in [0.1, 0.15) is 29.5 Å². The van der Waals surface area contributed by atoms with Crippen molar-refractivity contribution in [3.05, 3.63) is 69.9 Å². The molecule has 34 heavy (non-hydrogen) atoms. The third kappa shape index (κ3) is 5.42. The van der Waals surface area contributed by atoms with Gasteiger partial charge in [-0.2, -0.15) is 5.26 Å². The minimum atomic E-state index is -0.368. The van der Waals surface area contributed by atoms with Crippen LogP contribution in [-0.2, 0) is 22.4 Å². The van der Waals surface area contributed by atoms with E-state index in [2.05, 4.69) is 16.4 Å². The number of hydrogen-bond donors (Lipinski definition) is 1. The first kappa shape index (κ1) is 23.8. The summed E-state index contributed by atoms with van der Waals surface area (Å²) < 4.78 is 5.41. The smallest absolute Gasteiger partial charge is 0.227 e. The maximum absolute atomic E-state index is 12.8. The van der Waals surface area contributed by atoms with E-state index in [-0.39, 0.29) is 23.1 Å². The standard InChI is InChI=1S/C26H28N4O3S/c1-17-5-7-22(33-2)19(12-17)6-8-24(31)29-26-21(14-27)20-9-11-30(16-23(20)34-26)25(32)13-18-4-3-10-28-15-18/h3-5,7,10,12,15,21,26H,6,8-9,11,13,16H2,1-2H3,(H,29,31). The van der Waals surface area contributed by atoms with Gasteiger partial charge in [0.15, 0.2) is 0 Å². The Morgan fingerprint density at radius 1 is 1.35 bits per heavy atom. The van der Waals surface area contributed by atoms with E-state index in [1.54, 1.807) is 19.5 Å². The highest BCUT2D eigenvalue weighted by atomic mass is 32.2. The van der Waals surface area contributed by atoms with Crippen LogP contribution in [0, 0.1) is 24.2 Å². The highest BCUT2D eigenvalue weighted by Gasteiger charge is 2.39. The number of nitrogens with one attached hydrogen (secondary N) is 1. The third-order valence-electron chi connectivity index (χ3n) is 6.22. The van der Waals surface area contributed by atoms with Crippen LogP contribution in [0.5, 0.6) is 5.75 Å². The summed E-state index contributed by atoms with van der Waals surface area (Å²) in [6, 6.07) is 12.0. The van der Waals surface area contributed by atoms with Crippen molar-refractivity contribution in [2.75, 3.05) is 20.2 Å². The molecule has 0 fully saturated rings. The zero-order chi connectivity index (χ0) is 24.1. The highest BCUT2D eigenvalue weighted by molar-refractivity contribution is 8.04. The van der Waals surface area contributed by atoms with Crippen LogP contribution >= 0.6 is 11.8 Å². The SMILES string of the molecule is COc1ccc(C)cc1CCC(=O)NC1SC2=C(CCN(C(=O)Cc3cccnc3)C2)C1C#N. The molecule has 0 radical (unpaired) electrons. The fourth-order valence-corrected chi connectivity index (χ4v) is 5.91. The number of benzene rings is 1. The monoisotopic (exact) mass is 476 g/mol. The molecule has 0 saturated carbocycles. The molecule has 2 unspecified atom stereocenters. The summed E-state index contributed by atoms with van der Waals surface area (Å²) in [4.78, 5) is 32.5. The number of nitrogens with zero attached hydrogens (tertiary/aromatic N) is 3. The van der Waals surface area contributed by atoms with Gasteiger partial charge in [0.2, 0.25) is 11.8 Å². The number of pyridine rings is 1. The number of ether oxygens (including phenoxy) is 1. The average Bonchev–Trinajstić information content (AvgIpc) is 3.19. The van der Waals surface area contributed by atoms with Gasteiger partial charge in [0.05, 0.1) is 37.4 Å². The molecule has 4 rings (SSSR count). The maximum atomic E-state index is 12.8. The lowest BCUT2D eigenvalue weighted by atomic mass is 9.94. The third-order valence-corrected chi connectivity index (χ3v) is 7.54. The quantitative estimate of drug-likeness (QED) is 0.658. The van der Waals surface area contributed by atoms with E-state index in [0.717, 1.165) is 32.9 Å². The summed E-state index contributed by atoms with van der Waals surface area (Å²) in [5, 5.41) is 12.5. The highest BCUT2D eigenvalue weighted by Crippen LogP contribution is 2.44. The number of aromatic nitrogens is 1. The van der Waals surface area contributed by atoms with Crippen LogP contribution in [0.3, 0.4) is 0 Å². The van der Waals surface area contributed by atoms with Crippen LogP contribution in [0.2, 0.25) is 0 Å². The second-order valence-corrected chi connectivity index (χ2v) is 9.82. The molecule has 2 aliphatic rings. The average molecular weight is 477 g/mol. The van der Waals surface area contributed by atoms with Gasteiger partial charge in [-0.25, -0.2) is 0 Å². The van der Waals surface area contributed by atoms with E-state index in [4.69, 9.17) is 4.74 Å². The van der Waals surface area contributed by atoms with Crippen LogP contribution in [0.15, 0.2) is 53.2 Å². The summed E-state index contributed by atoms with van der Waals surface area (Å²) >= 11 is 1.51. The number of thioether (sulfide) groups is 1. The van der Waals surface area contributed by atoms with Gasteiger partial charge >= 0.3 is 0 Å². The van der Waals surface area contributed by atoms with Gasteiger partial charge in [0.25, 0.3) is 0 Å². The minimum Gasteiger partial charge on any atom is -0.496 e. The number of carbonyl (C=O) groups excluding carboxylic acids is 2. The lowest BCUT2D eigenvalue weighted by molar-refractivity contribution is -0.130. The molecule has 7 nitrogen and oxygen atoms in total. The zero-order valence-electron chi connectivity index (χ0n) is 19.4. The molecule has 2 aliphatic heterocycles. The second kappa shape index (κ2) is 10.7. The Labute approximate surface area is 204 Å². The molecule has 2 amide bonds. The first-order valence-electron chi connectivity index (χ1n) is 11.4. The molecule has 1 N–H and O–H groups in total. The molecule has 0 spiro atoms. The van der Waals surface area contributed by atoms with Crippen LogP contribution in [-0.4, -0.2) is 47.3 Å². The summed E-state index contributed by atoms with van der Waals surface area (Å²) in [5.41, 5.74) is 4.06. The summed E-state index contributed by atoms with van der Waals surface area (Å²) in [5.74, 6) is 0.364. The number of rotatable bonds is 7. The fourth-order valence-electron chi connectivity index (χ4n) is 4.44. The predicted octanol–water partition coefficient (Wildman–Crippen LogP) is 3.39. The molecule has 2 atom stereocenters. The van der Waals surface area contributed by atoms with Crippen molar-refractivity contribution in [3.8, 4) is 11.8 Å². The van der Waals surface area contributed by atoms with Crippen molar-refractivity contribution in [3.63, 3.8) is 0 Å². The molecular formula is C26H28N4O3S. The lowest BCUT2D eigenvalue weighted by Crippen LogP contribution is -2.38. The van der Waals surface area contributed by atoms with E-state index >= 15 is 0 Å². The first-order valence-corrected chi connectivity index (χ1v) is 12.2. The summed E-state index contributed by atoms with van der Waals surface area (Å²) in [6.07, 6.45) is 5.25. The number of carbonyl (C=O) groups is 2. The first-order chi connectivity index (χ1) is 16.5. The molecule has 176 valence electrons. The number of amides is 2. The molecular weight excluding hydrogens is 448 g/mol. The van der Waals surface area contributed by atoms with Crippen molar-refractivity contribution in [1.82, 2.24) is 15.2 Å². The van der Waals surface area contributed by atoms with Gasteiger partial charge in [-0.05, 0) is 48.6 Å². The van der Waals surface area contributed by atoms with Crippen molar-refractivity contribution in [2.45, 2.75) is 38.0 Å². The minimum absolute atomic E-state index is 0.0493. The molecule has 8 heteroatoms. The zero-order valence-corrected chi connectivity index (χ0v) is 20.2. The molecule has 0 aliphatic carbocycles. The number of aryl methyl sites for hydroxylation is 2. The van der Waals surface area contributed by atoms with Gasteiger partial charge in [-0.3, -0.25) is 14.6 Å². The Hall–Kier alpha value is -3.31. The Bertz CT molecular complexity index is 1140. The Morgan fingerprint density at radius 3 is 2.94 bits per heavy atom. The summed E-state index contributed by atoms with van der Waals surface area (Å²) in [6.45, 7) is 3.09. The fraction of sp³-hybridized carbons (Fsp3) is 0.385. The molecule has 1 aromatic heterocycles. The lowest BCUT2D eigenvalue weighted by Gasteiger charge is -2.28. The molecule has 0 saturated heterocycles. The largest absolute Gasteiger partial charge is 0.496 e. The Kier molecular flexibility index (Phi) is 7.53. The van der Waals surface area contributed by atoms with Gasteiger partial charge in [0.1, 0.15) is 5.75 Å². The number of hydrogen-bond acceptors (Lipinski definition) is 6. The van der Waals surface area contributed by atoms with Gasteiger partial charge in [0, 0.05) is 30.3 Å². The Balaban J connectivity index is 1.34. The van der Waals surface area contributed by atoms with Gasteiger partial charge in [-0.1, -0.05) is 23.8 Å². The normalized spacial score (nSPS) is 19.4. The van der Waals surface area contributed by atoms with Gasteiger partial charge < -0.3 is 15.0 Å². The predicted molar refractivity (Wildman–Crippen MR) is 131 cm³/mol. The van der Waals surface area contributed by atoms with E-state index in [1.165, 1.54) is 11.8 Å². The molecule has 0 bridgehead atoms. The Morgan fingerprint density at radius 2 is 2.21 bits per heavy atom. The van der Waals surface area contributed by atoms with Crippen molar-refractivity contribution < 1.29 is 14.3 Å². The van der Waals surface area contributed by atoms with Crippen molar-refractivity contribution in [1.29, 1.82) is 5.26 Å². The van der Waals surface area contributed by atoms with Gasteiger partial charge in [-0.15, -0.1) is 11.8 Å². The van der Waals surface area contributed by atoms with Crippen LogP contribution in [0.25, 0.3) is 0 Å². The van der Waals surface area contributed by atoms with E-state index in [0.29, 0.717) is 38.8 Å². The van der Waals surface area contributed by atoms with Crippen molar-refractivity contribution in [2.24, 2.45) is 5.92 Å². The van der Waals surface area contributed by atoms with Crippen molar-refractivity contribution >= 4 is 23.6 Å². The molecule has 3 heterocycles.